The first-order chi connectivity index (χ1) is 13.9. The smallest absolute Gasteiger partial charge is 0.251 e. The van der Waals surface area contributed by atoms with Crippen molar-refractivity contribution in [1.29, 1.82) is 0 Å². The van der Waals surface area contributed by atoms with Crippen molar-refractivity contribution in [2.75, 3.05) is 19.7 Å². The van der Waals surface area contributed by atoms with Crippen molar-refractivity contribution in [2.24, 2.45) is 0 Å². The van der Waals surface area contributed by atoms with Crippen molar-refractivity contribution >= 4 is 15.9 Å². The van der Waals surface area contributed by atoms with E-state index in [0.717, 1.165) is 24.8 Å². The zero-order valence-corrected chi connectivity index (χ0v) is 17.5. The molecular formula is C22H28N2O4S. The largest absolute Gasteiger partial charge is 0.396 e. The van der Waals surface area contributed by atoms with Crippen molar-refractivity contribution in [1.82, 2.24) is 9.62 Å². The highest BCUT2D eigenvalue weighted by Gasteiger charge is 2.28. The lowest BCUT2D eigenvalue weighted by molar-refractivity contribution is 0.0929. The fourth-order valence-electron chi connectivity index (χ4n) is 3.64. The number of amides is 1. The Morgan fingerprint density at radius 2 is 1.79 bits per heavy atom. The van der Waals surface area contributed by atoms with Crippen LogP contribution < -0.4 is 5.32 Å². The Bertz CT molecular complexity index is 939. The number of benzene rings is 2. The minimum atomic E-state index is -3.63. The van der Waals surface area contributed by atoms with E-state index in [2.05, 4.69) is 5.32 Å². The summed E-state index contributed by atoms with van der Waals surface area (Å²) in [5, 5.41) is 12.3. The first-order valence-electron chi connectivity index (χ1n) is 10.0. The molecule has 3 rings (SSSR count). The molecule has 6 nitrogen and oxygen atoms in total. The quantitative estimate of drug-likeness (QED) is 0.726. The molecule has 1 fully saturated rings. The fraction of sp³-hybridized carbons (Fsp3) is 0.409. The lowest BCUT2D eigenvalue weighted by Gasteiger charge is -2.26. The number of carbonyl (C=O) groups excluding carboxylic acids is 1. The van der Waals surface area contributed by atoms with Gasteiger partial charge in [-0.05, 0) is 49.4 Å². The van der Waals surface area contributed by atoms with Crippen LogP contribution in [0.15, 0.2) is 53.4 Å². The van der Waals surface area contributed by atoms with Gasteiger partial charge >= 0.3 is 0 Å². The normalized spacial score (nSPS) is 16.3. The summed E-state index contributed by atoms with van der Waals surface area (Å²) in [5.41, 5.74) is 1.82. The summed E-state index contributed by atoms with van der Waals surface area (Å²) < 4.78 is 27.7. The van der Waals surface area contributed by atoms with Crippen LogP contribution in [0.4, 0.5) is 0 Å². The van der Waals surface area contributed by atoms with Gasteiger partial charge in [0.2, 0.25) is 10.0 Å². The average molecular weight is 417 g/mol. The van der Waals surface area contributed by atoms with Gasteiger partial charge in [-0.15, -0.1) is 0 Å². The Morgan fingerprint density at radius 1 is 1.10 bits per heavy atom. The van der Waals surface area contributed by atoms with Gasteiger partial charge in [-0.25, -0.2) is 8.42 Å². The van der Waals surface area contributed by atoms with E-state index in [1.54, 1.807) is 19.1 Å². The number of piperidine rings is 1. The van der Waals surface area contributed by atoms with E-state index in [4.69, 9.17) is 0 Å². The molecule has 1 amide bonds. The summed E-state index contributed by atoms with van der Waals surface area (Å²) in [6.07, 6.45) is 3.14. The summed E-state index contributed by atoms with van der Waals surface area (Å²) in [4.78, 5) is 13.1. The minimum absolute atomic E-state index is 0.0671. The molecule has 0 unspecified atom stereocenters. The van der Waals surface area contributed by atoms with Crippen LogP contribution in [0.3, 0.4) is 0 Å². The van der Waals surface area contributed by atoms with E-state index in [0.29, 0.717) is 30.6 Å². The molecule has 0 saturated carbocycles. The number of nitrogens with zero attached hydrogens (tertiary/aromatic N) is 1. The van der Waals surface area contributed by atoms with Crippen molar-refractivity contribution in [3.05, 3.63) is 65.2 Å². The van der Waals surface area contributed by atoms with E-state index in [1.807, 2.05) is 30.3 Å². The number of hydrogen-bond acceptors (Lipinski definition) is 4. The van der Waals surface area contributed by atoms with Crippen LogP contribution in [0.2, 0.25) is 0 Å². The minimum Gasteiger partial charge on any atom is -0.396 e. The number of aliphatic hydroxyl groups is 1. The van der Waals surface area contributed by atoms with Gasteiger partial charge in [0.05, 0.1) is 10.9 Å². The summed E-state index contributed by atoms with van der Waals surface area (Å²) in [6, 6.07) is 13.9. The molecule has 1 saturated heterocycles. The topological polar surface area (TPSA) is 86.7 Å². The van der Waals surface area contributed by atoms with Gasteiger partial charge in [-0.2, -0.15) is 4.31 Å². The number of rotatable bonds is 7. The number of nitrogens with one attached hydrogen (secondary N) is 1. The molecule has 156 valence electrons. The first kappa shape index (κ1) is 21.5. The second kappa shape index (κ2) is 9.52. The van der Waals surface area contributed by atoms with Crippen LogP contribution in [0, 0.1) is 6.92 Å². The molecule has 1 atom stereocenters. The van der Waals surface area contributed by atoms with Crippen LogP contribution in [-0.4, -0.2) is 43.4 Å². The number of hydrogen-bond donors (Lipinski definition) is 2. The summed E-state index contributed by atoms with van der Waals surface area (Å²) in [7, 11) is -3.63. The van der Waals surface area contributed by atoms with Gasteiger partial charge in [0.25, 0.3) is 5.91 Å². The van der Waals surface area contributed by atoms with Crippen LogP contribution >= 0.6 is 0 Å². The van der Waals surface area contributed by atoms with Crippen molar-refractivity contribution < 1.29 is 18.3 Å². The third-order valence-corrected chi connectivity index (χ3v) is 7.35. The Balaban J connectivity index is 1.85. The van der Waals surface area contributed by atoms with E-state index < -0.39 is 10.0 Å². The second-order valence-electron chi connectivity index (χ2n) is 7.39. The molecule has 29 heavy (non-hydrogen) atoms. The lowest BCUT2D eigenvalue weighted by atomic mass is 10.0. The van der Waals surface area contributed by atoms with Crippen molar-refractivity contribution in [3.8, 4) is 0 Å². The summed E-state index contributed by atoms with van der Waals surface area (Å²) in [6.45, 7) is 2.72. The Labute approximate surface area is 172 Å². The monoisotopic (exact) mass is 416 g/mol. The van der Waals surface area contributed by atoms with Gasteiger partial charge in [-0.3, -0.25) is 4.79 Å². The fourth-order valence-corrected chi connectivity index (χ4v) is 5.41. The van der Waals surface area contributed by atoms with Gasteiger partial charge < -0.3 is 10.4 Å². The molecular weight excluding hydrogens is 388 g/mol. The Kier molecular flexibility index (Phi) is 7.05. The second-order valence-corrected chi connectivity index (χ2v) is 9.30. The maximum atomic E-state index is 13.1. The highest BCUT2D eigenvalue weighted by molar-refractivity contribution is 7.89. The molecule has 1 aliphatic rings. The standard InChI is InChI=1S/C22H28N2O4S/c1-17-10-11-19(16-21(17)29(27,28)24-13-6-3-7-14-24)22(26)23-20(12-15-25)18-8-4-2-5-9-18/h2,4-5,8-11,16,20,25H,3,6-7,12-15H2,1H3,(H,23,26)/t20-/m1/s1. The van der Waals surface area contributed by atoms with Crippen LogP contribution in [-0.2, 0) is 10.0 Å². The third-order valence-electron chi connectivity index (χ3n) is 5.31. The maximum absolute atomic E-state index is 13.1. The van der Waals surface area contributed by atoms with Crippen LogP contribution in [0.5, 0.6) is 0 Å². The van der Waals surface area contributed by atoms with Crippen LogP contribution in [0.1, 0.15) is 53.2 Å². The van der Waals surface area contributed by atoms with E-state index in [1.165, 1.54) is 10.4 Å². The highest BCUT2D eigenvalue weighted by atomic mass is 32.2. The van der Waals surface area contributed by atoms with Crippen molar-refractivity contribution in [2.45, 2.75) is 43.5 Å². The van der Waals surface area contributed by atoms with E-state index in [-0.39, 0.29) is 23.5 Å². The van der Waals surface area contributed by atoms with Gasteiger partial charge in [0.1, 0.15) is 0 Å². The molecule has 7 heteroatoms. The molecule has 0 radical (unpaired) electrons. The lowest BCUT2D eigenvalue weighted by Crippen LogP contribution is -2.36. The molecule has 0 bridgehead atoms. The summed E-state index contributed by atoms with van der Waals surface area (Å²) in [5.74, 6) is -0.359. The number of aliphatic hydroxyl groups excluding tert-OH is 1. The molecule has 0 spiro atoms. The molecule has 0 aromatic heterocycles. The number of aryl methyl sites for hydroxylation is 1. The molecule has 1 aliphatic heterocycles. The molecule has 2 aromatic rings. The number of sulfonamides is 1. The SMILES string of the molecule is Cc1ccc(C(=O)N[C@H](CCO)c2ccccc2)cc1S(=O)(=O)N1CCCCC1. The van der Waals surface area contributed by atoms with Crippen LogP contribution in [0.25, 0.3) is 0 Å². The summed E-state index contributed by atoms with van der Waals surface area (Å²) >= 11 is 0. The highest BCUT2D eigenvalue weighted by Crippen LogP contribution is 2.25. The van der Waals surface area contributed by atoms with E-state index in [9.17, 15) is 18.3 Å². The maximum Gasteiger partial charge on any atom is 0.251 e. The molecule has 0 aliphatic carbocycles. The Hall–Kier alpha value is -2.22. The predicted octanol–water partition coefficient (Wildman–Crippen LogP) is 3.02. The zero-order valence-electron chi connectivity index (χ0n) is 16.7. The van der Waals surface area contributed by atoms with Crippen molar-refractivity contribution in [3.63, 3.8) is 0 Å². The molecule has 1 heterocycles. The first-order valence-corrected chi connectivity index (χ1v) is 11.4. The van der Waals surface area contributed by atoms with Gasteiger partial charge in [-0.1, -0.05) is 42.8 Å². The van der Waals surface area contributed by atoms with Gasteiger partial charge in [0.15, 0.2) is 0 Å². The van der Waals surface area contributed by atoms with Gasteiger partial charge in [0, 0.05) is 25.3 Å². The molecule has 2 aromatic carbocycles. The Morgan fingerprint density at radius 3 is 2.45 bits per heavy atom. The molecule has 2 N–H and O–H groups in total. The zero-order chi connectivity index (χ0) is 20.9. The number of carbonyl (C=O) groups is 1. The average Bonchev–Trinajstić information content (AvgIpc) is 2.74. The third kappa shape index (κ3) is 5.04. The predicted molar refractivity (Wildman–Crippen MR) is 112 cm³/mol. The van der Waals surface area contributed by atoms with E-state index >= 15 is 0 Å².